The van der Waals surface area contributed by atoms with Crippen molar-refractivity contribution in [2.45, 2.75) is 77.7 Å². The van der Waals surface area contributed by atoms with Crippen LogP contribution in [0.5, 0.6) is 0 Å². The maximum absolute atomic E-state index is 12.7. The highest BCUT2D eigenvalue weighted by Gasteiger charge is 2.62. The molecule has 3 aliphatic carbocycles. The number of hydrogen-bond acceptors (Lipinski definition) is 3. The van der Waals surface area contributed by atoms with Gasteiger partial charge < -0.3 is 4.74 Å². The highest BCUT2D eigenvalue weighted by Crippen LogP contribution is 2.66. The Morgan fingerprint density at radius 2 is 1.81 bits per heavy atom. The maximum Gasteiger partial charge on any atom is 0.338 e. The molecule has 140 valence electrons. The first-order valence-electron chi connectivity index (χ1n) is 10.2. The molecule has 0 heterocycles. The second kappa shape index (κ2) is 6.21. The van der Waals surface area contributed by atoms with E-state index < -0.39 is 0 Å². The SMILES string of the molecule is CC1(C)[C@H]2CC[C@]1(C)[C@H](OC(=O)c1ccc(C3CCCCC3=O)cc1)C2. The normalized spacial score (nSPS) is 35.5. The van der Waals surface area contributed by atoms with Gasteiger partial charge in [0.2, 0.25) is 0 Å². The van der Waals surface area contributed by atoms with E-state index in [0.717, 1.165) is 37.7 Å². The van der Waals surface area contributed by atoms with Gasteiger partial charge in [0, 0.05) is 17.8 Å². The summed E-state index contributed by atoms with van der Waals surface area (Å²) >= 11 is 0. The quantitative estimate of drug-likeness (QED) is 0.693. The fraction of sp³-hybridized carbons (Fsp3) is 0.652. The first-order valence-corrected chi connectivity index (χ1v) is 10.2. The van der Waals surface area contributed by atoms with Crippen LogP contribution in [-0.2, 0) is 9.53 Å². The van der Waals surface area contributed by atoms with Crippen molar-refractivity contribution in [1.82, 2.24) is 0 Å². The van der Waals surface area contributed by atoms with Gasteiger partial charge in [-0.25, -0.2) is 4.79 Å². The van der Waals surface area contributed by atoms with Crippen LogP contribution in [0, 0.1) is 16.7 Å². The lowest BCUT2D eigenvalue weighted by Crippen LogP contribution is -2.38. The molecular weight excluding hydrogens is 324 g/mol. The second-order valence-corrected chi connectivity index (χ2v) is 9.39. The fourth-order valence-electron chi connectivity index (χ4n) is 5.69. The Kier molecular flexibility index (Phi) is 4.24. The standard InChI is InChI=1S/C23H30O3/c1-22(2)17-12-13-23(22,3)20(14-17)26-21(25)16-10-8-15(9-11-16)18-6-4-5-7-19(18)24/h8-11,17-18,20H,4-7,12-14H2,1-3H3/t17-,18?,20+,23+/m0/s1. The second-order valence-electron chi connectivity index (χ2n) is 9.39. The van der Waals surface area contributed by atoms with Crippen molar-refractivity contribution in [3.8, 4) is 0 Å². The number of rotatable bonds is 3. The molecule has 2 bridgehead atoms. The molecular formula is C23H30O3. The van der Waals surface area contributed by atoms with Gasteiger partial charge in [-0.1, -0.05) is 39.3 Å². The van der Waals surface area contributed by atoms with Crippen LogP contribution >= 0.6 is 0 Å². The summed E-state index contributed by atoms with van der Waals surface area (Å²) in [6, 6.07) is 7.55. The van der Waals surface area contributed by atoms with E-state index in [1.165, 1.54) is 6.42 Å². The monoisotopic (exact) mass is 354 g/mol. The Morgan fingerprint density at radius 1 is 1.08 bits per heavy atom. The van der Waals surface area contributed by atoms with Crippen LogP contribution in [0.4, 0.5) is 0 Å². The fourth-order valence-corrected chi connectivity index (χ4v) is 5.69. The zero-order chi connectivity index (χ0) is 18.5. The molecule has 3 saturated carbocycles. The average molecular weight is 354 g/mol. The van der Waals surface area contributed by atoms with Crippen LogP contribution in [0.25, 0.3) is 0 Å². The Morgan fingerprint density at radius 3 is 2.38 bits per heavy atom. The predicted octanol–water partition coefficient (Wildman–Crippen LogP) is 5.28. The van der Waals surface area contributed by atoms with Gasteiger partial charge in [0.15, 0.2) is 0 Å². The molecule has 1 aromatic carbocycles. The van der Waals surface area contributed by atoms with E-state index in [1.807, 2.05) is 24.3 Å². The zero-order valence-corrected chi connectivity index (χ0v) is 16.2. The van der Waals surface area contributed by atoms with E-state index in [9.17, 15) is 9.59 Å². The van der Waals surface area contributed by atoms with Gasteiger partial charge in [-0.15, -0.1) is 0 Å². The zero-order valence-electron chi connectivity index (χ0n) is 16.2. The summed E-state index contributed by atoms with van der Waals surface area (Å²) in [5, 5.41) is 0. The number of fused-ring (bicyclic) bond motifs is 2. The van der Waals surface area contributed by atoms with Crippen LogP contribution in [0.2, 0.25) is 0 Å². The lowest BCUT2D eigenvalue weighted by molar-refractivity contribution is -0.121. The summed E-state index contributed by atoms with van der Waals surface area (Å²) in [5.41, 5.74) is 1.96. The molecule has 0 amide bonds. The van der Waals surface area contributed by atoms with Crippen molar-refractivity contribution >= 4 is 11.8 Å². The van der Waals surface area contributed by atoms with Crippen LogP contribution in [0.1, 0.15) is 87.6 Å². The summed E-state index contributed by atoms with van der Waals surface area (Å²) in [6.45, 7) is 6.94. The molecule has 3 nitrogen and oxygen atoms in total. The first-order chi connectivity index (χ1) is 12.3. The highest BCUT2D eigenvalue weighted by molar-refractivity contribution is 5.90. The third-order valence-electron chi connectivity index (χ3n) is 8.07. The molecule has 0 N–H and O–H groups in total. The minimum Gasteiger partial charge on any atom is -0.458 e. The first kappa shape index (κ1) is 17.8. The van der Waals surface area contributed by atoms with E-state index in [1.54, 1.807) is 0 Å². The molecule has 0 aliphatic heterocycles. The van der Waals surface area contributed by atoms with E-state index in [4.69, 9.17) is 4.74 Å². The summed E-state index contributed by atoms with van der Waals surface area (Å²) in [5.74, 6) is 0.786. The van der Waals surface area contributed by atoms with Crippen molar-refractivity contribution in [2.75, 3.05) is 0 Å². The molecule has 0 radical (unpaired) electrons. The van der Waals surface area contributed by atoms with Crippen LogP contribution in [0.15, 0.2) is 24.3 Å². The van der Waals surface area contributed by atoms with Gasteiger partial charge in [0.1, 0.15) is 11.9 Å². The van der Waals surface area contributed by atoms with Crippen molar-refractivity contribution in [1.29, 1.82) is 0 Å². The Balaban J connectivity index is 1.45. The number of hydrogen-bond donors (Lipinski definition) is 0. The van der Waals surface area contributed by atoms with Gasteiger partial charge >= 0.3 is 5.97 Å². The van der Waals surface area contributed by atoms with Gasteiger partial charge in [-0.2, -0.15) is 0 Å². The topological polar surface area (TPSA) is 43.4 Å². The third kappa shape index (κ3) is 2.62. The Hall–Kier alpha value is -1.64. The van der Waals surface area contributed by atoms with Crippen molar-refractivity contribution in [3.05, 3.63) is 35.4 Å². The van der Waals surface area contributed by atoms with Gasteiger partial charge in [0.05, 0.1) is 5.56 Å². The number of Topliss-reactive ketones (excluding diaryl/α,β-unsaturated/α-hetero) is 1. The molecule has 3 heteroatoms. The van der Waals surface area contributed by atoms with Gasteiger partial charge in [-0.3, -0.25) is 4.79 Å². The molecule has 4 atom stereocenters. The number of esters is 1. The number of ketones is 1. The third-order valence-corrected chi connectivity index (χ3v) is 8.07. The average Bonchev–Trinajstić information content (AvgIpc) is 2.96. The van der Waals surface area contributed by atoms with E-state index >= 15 is 0 Å². The van der Waals surface area contributed by atoms with Crippen molar-refractivity contribution < 1.29 is 14.3 Å². The Bertz CT molecular complexity index is 717. The highest BCUT2D eigenvalue weighted by atomic mass is 16.5. The molecule has 1 unspecified atom stereocenters. The summed E-state index contributed by atoms with van der Waals surface area (Å²) in [7, 11) is 0. The minimum atomic E-state index is -0.221. The summed E-state index contributed by atoms with van der Waals surface area (Å²) < 4.78 is 5.97. The molecule has 3 aliphatic rings. The molecule has 4 rings (SSSR count). The number of carbonyl (C=O) groups excluding carboxylic acids is 2. The maximum atomic E-state index is 12.7. The summed E-state index contributed by atoms with van der Waals surface area (Å²) in [6.07, 6.45) is 7.14. The predicted molar refractivity (Wildman–Crippen MR) is 101 cm³/mol. The van der Waals surface area contributed by atoms with E-state index in [-0.39, 0.29) is 28.8 Å². The molecule has 0 aromatic heterocycles. The summed E-state index contributed by atoms with van der Waals surface area (Å²) in [4.78, 5) is 24.8. The molecule has 0 saturated heterocycles. The largest absolute Gasteiger partial charge is 0.458 e. The minimum absolute atomic E-state index is 0.0131. The van der Waals surface area contributed by atoms with Crippen molar-refractivity contribution in [2.24, 2.45) is 16.7 Å². The van der Waals surface area contributed by atoms with E-state index in [0.29, 0.717) is 23.7 Å². The van der Waals surface area contributed by atoms with Crippen molar-refractivity contribution in [3.63, 3.8) is 0 Å². The lowest BCUT2D eigenvalue weighted by atomic mass is 9.70. The molecule has 0 spiro atoms. The van der Waals surface area contributed by atoms with Gasteiger partial charge in [0.25, 0.3) is 0 Å². The molecule has 1 aromatic rings. The number of benzene rings is 1. The molecule has 3 fully saturated rings. The molecule has 26 heavy (non-hydrogen) atoms. The smallest absolute Gasteiger partial charge is 0.338 e. The number of ether oxygens (including phenoxy) is 1. The Labute approximate surface area is 156 Å². The number of carbonyl (C=O) groups is 2. The van der Waals surface area contributed by atoms with Crippen LogP contribution in [-0.4, -0.2) is 17.9 Å². The van der Waals surface area contributed by atoms with E-state index in [2.05, 4.69) is 20.8 Å². The lowest BCUT2D eigenvalue weighted by Gasteiger charge is -2.38. The van der Waals surface area contributed by atoms with Crippen LogP contribution < -0.4 is 0 Å². The van der Waals surface area contributed by atoms with Crippen LogP contribution in [0.3, 0.4) is 0 Å². The van der Waals surface area contributed by atoms with Gasteiger partial charge in [-0.05, 0) is 61.1 Å².